The average Bonchev–Trinajstić information content (AvgIpc) is 2.83. The van der Waals surface area contributed by atoms with Crippen molar-refractivity contribution in [2.75, 3.05) is 13.2 Å². The first-order valence-electron chi connectivity index (χ1n) is 11.2. The number of rotatable bonds is 12. The van der Waals surface area contributed by atoms with E-state index in [9.17, 15) is 26.7 Å². The molecule has 0 aliphatic carbocycles. The minimum Gasteiger partial charge on any atom is -0.464 e. The quantitative estimate of drug-likeness (QED) is 0.107. The van der Waals surface area contributed by atoms with Crippen molar-refractivity contribution < 1.29 is 40.5 Å². The van der Waals surface area contributed by atoms with Gasteiger partial charge < -0.3 is 13.8 Å². The van der Waals surface area contributed by atoms with Gasteiger partial charge in [0.1, 0.15) is 12.3 Å². The normalized spacial score (nSPS) is 12.2. The predicted molar refractivity (Wildman–Crippen MR) is 123 cm³/mol. The summed E-state index contributed by atoms with van der Waals surface area (Å²) in [7, 11) is -2.59. The Bertz CT molecular complexity index is 1000. The second-order valence-electron chi connectivity index (χ2n) is 8.24. The van der Waals surface area contributed by atoms with Crippen molar-refractivity contribution in [3.8, 4) is 11.5 Å². The fraction of sp³-hybridized carbons (Fsp3) is 0.458. The molecule has 0 fully saturated rings. The summed E-state index contributed by atoms with van der Waals surface area (Å²) in [6, 6.07) is 5.25. The van der Waals surface area contributed by atoms with E-state index in [1.807, 2.05) is 33.8 Å². The third-order valence-electron chi connectivity index (χ3n) is 5.30. The van der Waals surface area contributed by atoms with Gasteiger partial charge in [-0.25, -0.2) is 18.3 Å². The van der Waals surface area contributed by atoms with Crippen LogP contribution in [0.15, 0.2) is 18.2 Å². The first kappa shape index (κ1) is 28.8. The van der Waals surface area contributed by atoms with Gasteiger partial charge in [-0.3, -0.25) is 4.79 Å². The highest BCUT2D eigenvalue weighted by molar-refractivity contribution is 7.45. The van der Waals surface area contributed by atoms with Crippen molar-refractivity contribution in [2.45, 2.75) is 53.4 Å². The molecule has 0 aliphatic heterocycles. The van der Waals surface area contributed by atoms with E-state index in [-0.39, 0.29) is 24.2 Å². The number of hydrogen-bond donors (Lipinski definition) is 1. The molecule has 1 unspecified atom stereocenters. The zero-order valence-electron chi connectivity index (χ0n) is 20.2. The van der Waals surface area contributed by atoms with Crippen molar-refractivity contribution in [1.82, 2.24) is 5.09 Å². The van der Waals surface area contributed by atoms with Crippen molar-refractivity contribution in [1.29, 1.82) is 0 Å². The molecule has 0 spiro atoms. The van der Waals surface area contributed by atoms with Crippen molar-refractivity contribution in [2.24, 2.45) is 5.92 Å². The number of nitrogens with one attached hydrogen (secondary N) is 1. The van der Waals surface area contributed by atoms with Gasteiger partial charge in [0.2, 0.25) is 34.8 Å². The molecule has 2 aromatic carbocycles. The van der Waals surface area contributed by atoms with Gasteiger partial charge in [0.25, 0.3) is 0 Å². The molecule has 0 saturated carbocycles. The molecule has 2 aromatic rings. The summed E-state index contributed by atoms with van der Waals surface area (Å²) < 4.78 is 85.4. The lowest BCUT2D eigenvalue weighted by molar-refractivity contribution is -0.143. The standard InChI is InChI=1S/C24H29F5NO4P/c1-6-15(7-2)12-32-18(31)11-30-35(33-17-10-14(5)8-9-16(17)13(3)4)34-24-22(28)20(26)19(25)21(27)23(24)29/h8-10,13,15,30H,6-7,11-12H2,1-5H3. The smallest absolute Gasteiger partial charge is 0.382 e. The molecule has 0 saturated heterocycles. The summed E-state index contributed by atoms with van der Waals surface area (Å²) in [5.74, 6) is -12.7. The maximum Gasteiger partial charge on any atom is 0.382 e. The maximum atomic E-state index is 14.2. The molecule has 0 amide bonds. The SMILES string of the molecule is CCC(CC)COC(=O)CNP(Oc1cc(C)ccc1C(C)C)Oc1c(F)c(F)c(F)c(F)c1F. The van der Waals surface area contributed by atoms with Gasteiger partial charge in [0.15, 0.2) is 0 Å². The van der Waals surface area contributed by atoms with Crippen LogP contribution in [0.2, 0.25) is 0 Å². The summed E-state index contributed by atoms with van der Waals surface area (Å²) in [5.41, 5.74) is 1.50. The molecule has 0 heterocycles. The molecular weight excluding hydrogens is 492 g/mol. The van der Waals surface area contributed by atoms with Crippen LogP contribution in [-0.2, 0) is 9.53 Å². The third-order valence-corrected chi connectivity index (χ3v) is 6.43. The summed E-state index contributed by atoms with van der Waals surface area (Å²) >= 11 is 0. The topological polar surface area (TPSA) is 56.8 Å². The van der Waals surface area contributed by atoms with Crippen LogP contribution >= 0.6 is 8.53 Å². The number of esters is 1. The molecule has 0 radical (unpaired) electrons. The average molecular weight is 521 g/mol. The van der Waals surface area contributed by atoms with E-state index in [0.717, 1.165) is 18.4 Å². The monoisotopic (exact) mass is 521 g/mol. The molecule has 194 valence electrons. The number of ether oxygens (including phenoxy) is 1. The van der Waals surface area contributed by atoms with E-state index in [4.69, 9.17) is 13.8 Å². The van der Waals surface area contributed by atoms with Crippen molar-refractivity contribution >= 4 is 14.5 Å². The van der Waals surface area contributed by atoms with Gasteiger partial charge >= 0.3 is 14.5 Å². The molecular formula is C24H29F5NO4P. The molecule has 11 heteroatoms. The molecule has 0 aliphatic rings. The highest BCUT2D eigenvalue weighted by atomic mass is 31.2. The van der Waals surface area contributed by atoms with E-state index in [1.165, 1.54) is 0 Å². The Morgan fingerprint density at radius 1 is 0.943 bits per heavy atom. The minimum absolute atomic E-state index is 0.0263. The van der Waals surface area contributed by atoms with Gasteiger partial charge in [0.05, 0.1) is 6.61 Å². The highest BCUT2D eigenvalue weighted by Crippen LogP contribution is 2.43. The largest absolute Gasteiger partial charge is 0.464 e. The Labute approximate surface area is 202 Å². The highest BCUT2D eigenvalue weighted by Gasteiger charge is 2.31. The Balaban J connectivity index is 2.32. The lowest BCUT2D eigenvalue weighted by atomic mass is 10.0. The number of benzene rings is 2. The van der Waals surface area contributed by atoms with Crippen LogP contribution in [0, 0.1) is 41.9 Å². The van der Waals surface area contributed by atoms with E-state index in [2.05, 4.69) is 5.09 Å². The van der Waals surface area contributed by atoms with Crippen LogP contribution in [0.4, 0.5) is 22.0 Å². The Hall–Kier alpha value is -2.45. The Kier molecular flexibility index (Phi) is 10.7. The number of aryl methyl sites for hydroxylation is 1. The number of carbonyl (C=O) groups excluding carboxylic acids is 1. The van der Waals surface area contributed by atoms with E-state index in [0.29, 0.717) is 5.56 Å². The van der Waals surface area contributed by atoms with Gasteiger partial charge in [-0.15, -0.1) is 0 Å². The zero-order chi connectivity index (χ0) is 26.3. The maximum absolute atomic E-state index is 14.2. The minimum atomic E-state index is -2.59. The lowest BCUT2D eigenvalue weighted by Gasteiger charge is -2.22. The molecule has 5 nitrogen and oxygen atoms in total. The second-order valence-corrected chi connectivity index (χ2v) is 9.43. The van der Waals surface area contributed by atoms with E-state index < -0.39 is 55.9 Å². The van der Waals surface area contributed by atoms with Gasteiger partial charge in [0, 0.05) is 0 Å². The first-order valence-corrected chi connectivity index (χ1v) is 12.3. The lowest BCUT2D eigenvalue weighted by Crippen LogP contribution is -2.26. The second kappa shape index (κ2) is 13.0. The molecule has 0 aromatic heterocycles. The van der Waals surface area contributed by atoms with Crippen LogP contribution in [0.1, 0.15) is 57.6 Å². The van der Waals surface area contributed by atoms with Gasteiger partial charge in [-0.05, 0) is 36.0 Å². The fourth-order valence-electron chi connectivity index (χ4n) is 3.03. The summed E-state index contributed by atoms with van der Waals surface area (Å²) in [6.45, 7) is 9.16. The molecule has 1 N–H and O–H groups in total. The molecule has 2 rings (SSSR count). The molecule has 1 atom stereocenters. The Morgan fingerprint density at radius 3 is 2.06 bits per heavy atom. The Morgan fingerprint density at radius 2 is 1.51 bits per heavy atom. The molecule has 35 heavy (non-hydrogen) atoms. The molecule has 0 bridgehead atoms. The van der Waals surface area contributed by atoms with E-state index >= 15 is 0 Å². The fourth-order valence-corrected chi connectivity index (χ4v) is 4.12. The van der Waals surface area contributed by atoms with Crippen LogP contribution in [-0.4, -0.2) is 19.1 Å². The van der Waals surface area contributed by atoms with Crippen molar-refractivity contribution in [3.63, 3.8) is 0 Å². The van der Waals surface area contributed by atoms with Crippen LogP contribution in [0.3, 0.4) is 0 Å². The van der Waals surface area contributed by atoms with Crippen LogP contribution in [0.5, 0.6) is 11.5 Å². The zero-order valence-corrected chi connectivity index (χ0v) is 21.1. The first-order chi connectivity index (χ1) is 16.5. The summed E-state index contributed by atoms with van der Waals surface area (Å²) in [4.78, 5) is 12.2. The van der Waals surface area contributed by atoms with Crippen molar-refractivity contribution in [3.05, 3.63) is 58.4 Å². The van der Waals surface area contributed by atoms with E-state index in [1.54, 1.807) is 19.1 Å². The van der Waals surface area contributed by atoms with Crippen LogP contribution < -0.4 is 14.1 Å². The summed E-state index contributed by atoms with van der Waals surface area (Å²) in [5, 5.41) is 2.54. The number of hydrogen-bond acceptors (Lipinski definition) is 5. The predicted octanol–water partition coefficient (Wildman–Crippen LogP) is 7.07. The van der Waals surface area contributed by atoms with Gasteiger partial charge in [-0.2, -0.15) is 8.78 Å². The number of halogens is 5. The number of carbonyl (C=O) groups is 1. The van der Waals surface area contributed by atoms with Gasteiger partial charge in [-0.1, -0.05) is 52.7 Å². The third kappa shape index (κ3) is 7.51. The van der Waals surface area contributed by atoms with Crippen LogP contribution in [0.25, 0.3) is 0 Å². The summed E-state index contributed by atoms with van der Waals surface area (Å²) in [6.07, 6.45) is 1.61.